The highest BCUT2D eigenvalue weighted by Crippen LogP contribution is 2.30. The van der Waals surface area contributed by atoms with Crippen LogP contribution in [0.1, 0.15) is 5.56 Å². The molecule has 102 valence electrons. The third kappa shape index (κ3) is 2.63. The monoisotopic (exact) mass is 276 g/mol. The van der Waals surface area contributed by atoms with Gasteiger partial charge in [-0.05, 0) is 30.3 Å². The number of nitriles is 1. The molecule has 0 atom stereocenters. The fourth-order valence-electron chi connectivity index (χ4n) is 2.04. The molecule has 4 heteroatoms. The van der Waals surface area contributed by atoms with Gasteiger partial charge in [0.25, 0.3) is 0 Å². The molecule has 3 aromatic rings. The van der Waals surface area contributed by atoms with Crippen LogP contribution in [0.2, 0.25) is 0 Å². The number of aromatic nitrogens is 1. The minimum atomic E-state index is 0.455. The molecule has 0 aliphatic heterocycles. The van der Waals surface area contributed by atoms with E-state index in [1.165, 1.54) is 0 Å². The molecule has 0 aliphatic carbocycles. The molecular formula is C17H12N2O2. The normalized spacial score (nSPS) is 10.1. The Labute approximate surface area is 122 Å². The van der Waals surface area contributed by atoms with Crippen LogP contribution >= 0.6 is 0 Å². The third-order valence-electron chi connectivity index (χ3n) is 3.11. The zero-order valence-corrected chi connectivity index (χ0v) is 11.4. The molecule has 21 heavy (non-hydrogen) atoms. The maximum Gasteiger partial charge on any atom is 0.148 e. The SMILES string of the molecule is COc1ccc(C#N)c(Oc2ccc3cccnc3c2)c1. The van der Waals surface area contributed by atoms with E-state index in [0.717, 1.165) is 10.9 Å². The summed E-state index contributed by atoms with van der Waals surface area (Å²) in [5.74, 6) is 1.74. The summed E-state index contributed by atoms with van der Waals surface area (Å²) in [5, 5.41) is 10.2. The lowest BCUT2D eigenvalue weighted by molar-refractivity contribution is 0.409. The molecule has 0 saturated heterocycles. The van der Waals surface area contributed by atoms with Crippen LogP contribution < -0.4 is 9.47 Å². The number of nitrogens with zero attached hydrogens (tertiary/aromatic N) is 2. The first-order chi connectivity index (χ1) is 10.3. The first-order valence-electron chi connectivity index (χ1n) is 6.41. The van der Waals surface area contributed by atoms with Crippen LogP contribution in [0.3, 0.4) is 0 Å². The summed E-state index contributed by atoms with van der Waals surface area (Å²) >= 11 is 0. The molecule has 0 spiro atoms. The molecule has 3 rings (SSSR count). The van der Waals surface area contributed by atoms with Gasteiger partial charge in [0.1, 0.15) is 23.3 Å². The van der Waals surface area contributed by atoms with Crippen LogP contribution in [0.25, 0.3) is 10.9 Å². The van der Waals surface area contributed by atoms with Gasteiger partial charge in [-0.3, -0.25) is 4.98 Å². The maximum absolute atomic E-state index is 9.15. The highest BCUT2D eigenvalue weighted by atomic mass is 16.5. The van der Waals surface area contributed by atoms with Crippen molar-refractivity contribution in [1.29, 1.82) is 5.26 Å². The molecule has 1 aromatic heterocycles. The van der Waals surface area contributed by atoms with E-state index in [-0.39, 0.29) is 0 Å². The Morgan fingerprint density at radius 3 is 2.71 bits per heavy atom. The fourth-order valence-corrected chi connectivity index (χ4v) is 2.04. The first kappa shape index (κ1) is 12.9. The summed E-state index contributed by atoms with van der Waals surface area (Å²) in [7, 11) is 1.57. The van der Waals surface area contributed by atoms with Gasteiger partial charge in [0, 0.05) is 23.7 Å². The average Bonchev–Trinajstić information content (AvgIpc) is 2.54. The third-order valence-corrected chi connectivity index (χ3v) is 3.11. The van der Waals surface area contributed by atoms with E-state index in [4.69, 9.17) is 14.7 Å². The highest BCUT2D eigenvalue weighted by Gasteiger charge is 2.07. The maximum atomic E-state index is 9.15. The standard InChI is InChI=1S/C17H12N2O2/c1-20-14-6-5-13(11-18)17(10-14)21-15-7-4-12-3-2-8-19-16(12)9-15/h2-10H,1H3. The van der Waals surface area contributed by atoms with E-state index in [1.54, 1.807) is 31.5 Å². The lowest BCUT2D eigenvalue weighted by atomic mass is 10.2. The molecule has 4 nitrogen and oxygen atoms in total. The number of rotatable bonds is 3. The summed E-state index contributed by atoms with van der Waals surface area (Å²) in [4.78, 5) is 4.29. The fraction of sp³-hybridized carbons (Fsp3) is 0.0588. The number of hydrogen-bond acceptors (Lipinski definition) is 4. The van der Waals surface area contributed by atoms with Crippen LogP contribution in [0.15, 0.2) is 54.7 Å². The zero-order chi connectivity index (χ0) is 14.7. The lowest BCUT2D eigenvalue weighted by Crippen LogP contribution is -1.91. The summed E-state index contributed by atoms with van der Waals surface area (Å²) in [6, 6.07) is 16.7. The molecule has 0 saturated carbocycles. The molecule has 0 aliphatic rings. The Kier molecular flexibility index (Phi) is 3.40. The predicted molar refractivity (Wildman–Crippen MR) is 79.5 cm³/mol. The molecule has 0 bridgehead atoms. The van der Waals surface area contributed by atoms with Crippen LogP contribution in [-0.2, 0) is 0 Å². The Hall–Kier alpha value is -3.06. The molecule has 0 unspecified atom stereocenters. The van der Waals surface area contributed by atoms with Crippen molar-refractivity contribution in [3.63, 3.8) is 0 Å². The number of pyridine rings is 1. The van der Waals surface area contributed by atoms with E-state index in [0.29, 0.717) is 22.8 Å². The Morgan fingerprint density at radius 2 is 1.90 bits per heavy atom. The number of hydrogen-bond donors (Lipinski definition) is 0. The van der Waals surface area contributed by atoms with E-state index in [9.17, 15) is 0 Å². The topological polar surface area (TPSA) is 55.1 Å². The van der Waals surface area contributed by atoms with Gasteiger partial charge in [-0.1, -0.05) is 6.07 Å². The van der Waals surface area contributed by atoms with Gasteiger partial charge in [0.05, 0.1) is 18.2 Å². The molecule has 0 radical (unpaired) electrons. The van der Waals surface area contributed by atoms with Crippen LogP contribution in [0, 0.1) is 11.3 Å². The predicted octanol–water partition coefficient (Wildman–Crippen LogP) is 3.91. The van der Waals surface area contributed by atoms with Crippen molar-refractivity contribution >= 4 is 10.9 Å². The van der Waals surface area contributed by atoms with E-state index < -0.39 is 0 Å². The molecule has 0 fully saturated rings. The number of ether oxygens (including phenoxy) is 2. The molecule has 0 amide bonds. The van der Waals surface area contributed by atoms with E-state index in [2.05, 4.69) is 11.1 Å². The Bertz CT molecular complexity index is 838. The summed E-state index contributed by atoms with van der Waals surface area (Å²) in [6.45, 7) is 0. The molecular weight excluding hydrogens is 264 g/mol. The average molecular weight is 276 g/mol. The van der Waals surface area contributed by atoms with Gasteiger partial charge >= 0.3 is 0 Å². The van der Waals surface area contributed by atoms with Gasteiger partial charge in [0.15, 0.2) is 0 Å². The van der Waals surface area contributed by atoms with Gasteiger partial charge in [-0.2, -0.15) is 5.26 Å². The second kappa shape index (κ2) is 5.51. The highest BCUT2D eigenvalue weighted by molar-refractivity contribution is 5.79. The van der Waals surface area contributed by atoms with Crippen LogP contribution in [0.5, 0.6) is 17.2 Å². The van der Waals surface area contributed by atoms with E-state index >= 15 is 0 Å². The molecule has 1 heterocycles. The van der Waals surface area contributed by atoms with Crippen molar-refractivity contribution < 1.29 is 9.47 Å². The summed E-state index contributed by atoms with van der Waals surface area (Å²) < 4.78 is 11.0. The number of benzene rings is 2. The first-order valence-corrected chi connectivity index (χ1v) is 6.41. The van der Waals surface area contributed by atoms with Crippen LogP contribution in [-0.4, -0.2) is 12.1 Å². The van der Waals surface area contributed by atoms with Crippen LogP contribution in [0.4, 0.5) is 0 Å². The number of methoxy groups -OCH3 is 1. The van der Waals surface area contributed by atoms with Crippen molar-refractivity contribution in [1.82, 2.24) is 4.98 Å². The smallest absolute Gasteiger partial charge is 0.148 e. The van der Waals surface area contributed by atoms with Crippen molar-refractivity contribution in [3.8, 4) is 23.3 Å². The molecule has 0 N–H and O–H groups in total. The second-order valence-corrected chi connectivity index (χ2v) is 4.43. The van der Waals surface area contributed by atoms with Crippen molar-refractivity contribution in [2.24, 2.45) is 0 Å². The summed E-state index contributed by atoms with van der Waals surface area (Å²) in [6.07, 6.45) is 1.73. The Balaban J connectivity index is 2.00. The Morgan fingerprint density at radius 1 is 1.05 bits per heavy atom. The van der Waals surface area contributed by atoms with Crippen molar-refractivity contribution in [3.05, 3.63) is 60.3 Å². The summed E-state index contributed by atoms with van der Waals surface area (Å²) in [5.41, 5.74) is 1.30. The van der Waals surface area contributed by atoms with Crippen molar-refractivity contribution in [2.75, 3.05) is 7.11 Å². The van der Waals surface area contributed by atoms with Gasteiger partial charge in [-0.15, -0.1) is 0 Å². The number of fused-ring (bicyclic) bond motifs is 1. The zero-order valence-electron chi connectivity index (χ0n) is 11.4. The van der Waals surface area contributed by atoms with E-state index in [1.807, 2.05) is 30.3 Å². The lowest BCUT2D eigenvalue weighted by Gasteiger charge is -2.09. The van der Waals surface area contributed by atoms with Gasteiger partial charge < -0.3 is 9.47 Å². The quantitative estimate of drug-likeness (QED) is 0.727. The van der Waals surface area contributed by atoms with Gasteiger partial charge in [0.2, 0.25) is 0 Å². The van der Waals surface area contributed by atoms with Gasteiger partial charge in [-0.25, -0.2) is 0 Å². The minimum absolute atomic E-state index is 0.455. The minimum Gasteiger partial charge on any atom is -0.497 e. The van der Waals surface area contributed by atoms with Crippen molar-refractivity contribution in [2.45, 2.75) is 0 Å². The molecule has 2 aromatic carbocycles. The second-order valence-electron chi connectivity index (χ2n) is 4.43. The largest absolute Gasteiger partial charge is 0.497 e.